The zero-order valence-electron chi connectivity index (χ0n) is 13.6. The van der Waals surface area contributed by atoms with E-state index in [1.165, 1.54) is 18.2 Å². The lowest BCUT2D eigenvalue weighted by atomic mass is 10.1. The van der Waals surface area contributed by atoms with Gasteiger partial charge in [-0.3, -0.25) is 9.59 Å². The van der Waals surface area contributed by atoms with Gasteiger partial charge in [-0.25, -0.2) is 9.82 Å². The minimum absolute atomic E-state index is 0.0343. The Balaban J connectivity index is 1.83. The molecule has 0 radical (unpaired) electrons. The minimum Gasteiger partial charge on any atom is -0.461 e. The van der Waals surface area contributed by atoms with Gasteiger partial charge in [-0.15, -0.1) is 11.3 Å². The number of hydrogen-bond acceptors (Lipinski definition) is 5. The van der Waals surface area contributed by atoms with Gasteiger partial charge < -0.3 is 4.42 Å². The quantitative estimate of drug-likeness (QED) is 0.260. The topological polar surface area (TPSA) is 71.7 Å². The van der Waals surface area contributed by atoms with E-state index in [4.69, 9.17) is 16.0 Å². The normalized spacial score (nSPS) is 12.4. The molecule has 28 heavy (non-hydrogen) atoms. The first kappa shape index (κ1) is 20.0. The molecule has 11 heteroatoms. The van der Waals surface area contributed by atoms with E-state index in [1.54, 1.807) is 5.43 Å². The number of halogens is 5. The molecular formula is C17H9ClF4N2O3S. The van der Waals surface area contributed by atoms with E-state index >= 15 is 0 Å². The molecule has 0 aliphatic heterocycles. The van der Waals surface area contributed by atoms with E-state index in [-0.39, 0.29) is 15.7 Å². The molecule has 0 fully saturated rings. The summed E-state index contributed by atoms with van der Waals surface area (Å²) >= 11 is 6.85. The number of rotatable bonds is 5. The lowest BCUT2D eigenvalue weighted by Crippen LogP contribution is -2.30. The first-order valence-corrected chi connectivity index (χ1v) is 8.74. The molecule has 0 saturated heterocycles. The second kappa shape index (κ2) is 7.72. The molecule has 3 aromatic rings. The average Bonchev–Trinajstić information content (AvgIpc) is 3.25. The van der Waals surface area contributed by atoms with Gasteiger partial charge in [0.1, 0.15) is 16.4 Å². The maximum absolute atomic E-state index is 13.3. The van der Waals surface area contributed by atoms with Crippen molar-refractivity contribution in [3.63, 3.8) is 0 Å². The van der Waals surface area contributed by atoms with Gasteiger partial charge in [0.15, 0.2) is 5.76 Å². The highest BCUT2D eigenvalue weighted by Crippen LogP contribution is 2.35. The SMILES string of the molecule is O=C(C/C(=N/NC(=O)c1sc2cc(F)ccc2c1Cl)C(F)(F)F)c1ccco1. The van der Waals surface area contributed by atoms with Crippen molar-refractivity contribution in [3.8, 4) is 0 Å². The van der Waals surface area contributed by atoms with E-state index < -0.39 is 35.8 Å². The Hall–Kier alpha value is -2.72. The lowest BCUT2D eigenvalue weighted by molar-refractivity contribution is -0.0605. The van der Waals surface area contributed by atoms with Crippen LogP contribution < -0.4 is 5.43 Å². The van der Waals surface area contributed by atoms with E-state index in [2.05, 4.69) is 5.10 Å². The summed E-state index contributed by atoms with van der Waals surface area (Å²) in [5.41, 5.74) is 0.242. The third kappa shape index (κ3) is 4.23. The summed E-state index contributed by atoms with van der Waals surface area (Å²) in [6, 6.07) is 6.21. The number of hydrogen-bond donors (Lipinski definition) is 1. The summed E-state index contributed by atoms with van der Waals surface area (Å²) in [7, 11) is 0. The standard InChI is InChI=1S/C17H9ClF4N2O3S/c18-14-9-4-3-8(19)6-12(9)28-15(14)16(26)24-23-13(17(20,21)22)7-10(25)11-2-1-5-27-11/h1-6H,7H2,(H,24,26)/b23-13-. The molecule has 0 bridgehead atoms. The van der Waals surface area contributed by atoms with Crippen LogP contribution in [0.1, 0.15) is 26.6 Å². The number of alkyl halides is 3. The zero-order chi connectivity index (χ0) is 20.5. The number of benzene rings is 1. The van der Waals surface area contributed by atoms with Crippen molar-refractivity contribution in [2.75, 3.05) is 0 Å². The first-order chi connectivity index (χ1) is 13.2. The molecule has 2 aromatic heterocycles. The number of amides is 1. The lowest BCUT2D eigenvalue weighted by Gasteiger charge is -2.09. The van der Waals surface area contributed by atoms with Crippen LogP contribution in [0.15, 0.2) is 46.1 Å². The molecule has 1 amide bonds. The predicted octanol–water partition coefficient (Wildman–Crippen LogP) is 5.21. The highest BCUT2D eigenvalue weighted by molar-refractivity contribution is 7.21. The van der Waals surface area contributed by atoms with Gasteiger partial charge in [0.2, 0.25) is 5.78 Å². The van der Waals surface area contributed by atoms with Gasteiger partial charge in [-0.05, 0) is 30.3 Å². The Bertz CT molecular complexity index is 1070. The van der Waals surface area contributed by atoms with Gasteiger partial charge in [0, 0.05) is 10.1 Å². The fourth-order valence-electron chi connectivity index (χ4n) is 2.23. The summed E-state index contributed by atoms with van der Waals surface area (Å²) in [5.74, 6) is -2.78. The molecule has 3 rings (SSSR count). The second-order valence-corrected chi connectivity index (χ2v) is 6.89. The monoisotopic (exact) mass is 432 g/mol. The molecule has 1 aromatic carbocycles. The number of nitrogens with zero attached hydrogens (tertiary/aromatic N) is 1. The molecule has 0 aliphatic rings. The summed E-state index contributed by atoms with van der Waals surface area (Å²) in [6.45, 7) is 0. The number of carbonyl (C=O) groups excluding carboxylic acids is 2. The number of fused-ring (bicyclic) bond motifs is 1. The average molecular weight is 433 g/mol. The van der Waals surface area contributed by atoms with Gasteiger partial charge in [-0.1, -0.05) is 11.6 Å². The smallest absolute Gasteiger partial charge is 0.431 e. The predicted molar refractivity (Wildman–Crippen MR) is 95.4 cm³/mol. The van der Waals surface area contributed by atoms with E-state index in [0.717, 1.165) is 29.7 Å². The van der Waals surface area contributed by atoms with Gasteiger partial charge in [0.25, 0.3) is 5.91 Å². The van der Waals surface area contributed by atoms with Crippen LogP contribution in [0.2, 0.25) is 5.02 Å². The Morgan fingerprint density at radius 2 is 2.00 bits per heavy atom. The Labute approximate surface area is 163 Å². The Morgan fingerprint density at radius 3 is 2.64 bits per heavy atom. The maximum Gasteiger partial charge on any atom is 0.431 e. The van der Waals surface area contributed by atoms with Crippen molar-refractivity contribution in [2.45, 2.75) is 12.6 Å². The molecule has 0 aliphatic carbocycles. The molecule has 0 saturated carbocycles. The van der Waals surface area contributed by atoms with Gasteiger partial charge in [-0.2, -0.15) is 18.3 Å². The Morgan fingerprint density at radius 1 is 1.25 bits per heavy atom. The molecule has 0 atom stereocenters. The summed E-state index contributed by atoms with van der Waals surface area (Å²) in [5, 5.41) is 3.40. The van der Waals surface area contributed by atoms with Crippen molar-refractivity contribution in [2.24, 2.45) is 5.10 Å². The fourth-order valence-corrected chi connectivity index (χ4v) is 3.67. The molecular weight excluding hydrogens is 424 g/mol. The number of Topliss-reactive ketones (excluding diaryl/α,β-unsaturated/α-hetero) is 1. The highest BCUT2D eigenvalue weighted by Gasteiger charge is 2.38. The van der Waals surface area contributed by atoms with E-state index in [1.807, 2.05) is 0 Å². The summed E-state index contributed by atoms with van der Waals surface area (Å²) < 4.78 is 57.8. The number of carbonyl (C=O) groups is 2. The zero-order valence-corrected chi connectivity index (χ0v) is 15.2. The number of furan rings is 1. The maximum atomic E-state index is 13.3. The third-order valence-corrected chi connectivity index (χ3v) is 5.20. The van der Waals surface area contributed by atoms with Crippen molar-refractivity contribution < 1.29 is 31.6 Å². The van der Waals surface area contributed by atoms with E-state index in [9.17, 15) is 27.2 Å². The molecule has 0 unspecified atom stereocenters. The minimum atomic E-state index is -4.96. The van der Waals surface area contributed by atoms with Crippen molar-refractivity contribution >= 4 is 50.4 Å². The molecule has 146 valence electrons. The van der Waals surface area contributed by atoms with Crippen LogP contribution in [0.25, 0.3) is 10.1 Å². The third-order valence-electron chi connectivity index (χ3n) is 3.54. The van der Waals surface area contributed by atoms with Gasteiger partial charge in [0.05, 0.1) is 17.7 Å². The van der Waals surface area contributed by atoms with E-state index in [0.29, 0.717) is 10.1 Å². The number of thiophene rings is 1. The fraction of sp³-hybridized carbons (Fsp3) is 0.118. The molecule has 2 heterocycles. The summed E-state index contributed by atoms with van der Waals surface area (Å²) in [4.78, 5) is 23.9. The number of hydrazone groups is 1. The van der Waals surface area contributed by atoms with Crippen LogP contribution in [-0.4, -0.2) is 23.6 Å². The van der Waals surface area contributed by atoms with Gasteiger partial charge >= 0.3 is 6.18 Å². The number of nitrogens with one attached hydrogen (secondary N) is 1. The highest BCUT2D eigenvalue weighted by atomic mass is 35.5. The van der Waals surface area contributed by atoms with Crippen LogP contribution in [-0.2, 0) is 0 Å². The van der Waals surface area contributed by atoms with Crippen molar-refractivity contribution in [3.05, 3.63) is 58.1 Å². The largest absolute Gasteiger partial charge is 0.461 e. The van der Waals surface area contributed by atoms with Crippen LogP contribution in [0.3, 0.4) is 0 Å². The van der Waals surface area contributed by atoms with Crippen molar-refractivity contribution in [1.29, 1.82) is 0 Å². The molecule has 0 spiro atoms. The van der Waals surface area contributed by atoms with Crippen molar-refractivity contribution in [1.82, 2.24) is 5.43 Å². The molecule has 5 nitrogen and oxygen atoms in total. The second-order valence-electron chi connectivity index (χ2n) is 5.46. The number of ketones is 1. The summed E-state index contributed by atoms with van der Waals surface area (Å²) in [6.07, 6.45) is -4.93. The molecule has 1 N–H and O–H groups in total. The van der Waals surface area contributed by atoms with Crippen LogP contribution in [0.4, 0.5) is 17.6 Å². The van der Waals surface area contributed by atoms with Crippen LogP contribution >= 0.6 is 22.9 Å². The first-order valence-electron chi connectivity index (χ1n) is 7.55. The van der Waals surface area contributed by atoms with Crippen LogP contribution in [0.5, 0.6) is 0 Å². The Kier molecular flexibility index (Phi) is 5.52. The van der Waals surface area contributed by atoms with Crippen LogP contribution in [0, 0.1) is 5.82 Å².